The molecule has 0 saturated heterocycles. The summed E-state index contributed by atoms with van der Waals surface area (Å²) in [6, 6.07) is 6.54. The fourth-order valence-corrected chi connectivity index (χ4v) is 3.55. The molecule has 7 heteroatoms. The molecule has 126 valence electrons. The van der Waals surface area contributed by atoms with E-state index in [1.165, 1.54) is 7.11 Å². The zero-order valence-electron chi connectivity index (χ0n) is 13.1. The first-order valence-electron chi connectivity index (χ1n) is 7.66. The summed E-state index contributed by atoms with van der Waals surface area (Å²) in [6.07, 6.45) is 3.99. The molecule has 0 spiro atoms. The summed E-state index contributed by atoms with van der Waals surface area (Å²) >= 11 is 0. The number of hydrogen-bond donors (Lipinski definition) is 3. The van der Waals surface area contributed by atoms with Crippen LogP contribution < -0.4 is 10.6 Å². The fourth-order valence-electron chi connectivity index (χ4n) is 3.55. The molecule has 1 aromatic carbocycles. The summed E-state index contributed by atoms with van der Waals surface area (Å²) in [5.41, 5.74) is 1.08. The second-order valence-electron chi connectivity index (χ2n) is 6.02. The van der Waals surface area contributed by atoms with Crippen molar-refractivity contribution in [2.45, 2.75) is 6.42 Å². The van der Waals surface area contributed by atoms with Gasteiger partial charge in [0.05, 0.1) is 18.9 Å². The van der Waals surface area contributed by atoms with E-state index < -0.39 is 23.9 Å². The predicted octanol–water partition coefficient (Wildman–Crippen LogP) is 2.33. The minimum absolute atomic E-state index is 0.0173. The van der Waals surface area contributed by atoms with E-state index in [1.54, 1.807) is 24.3 Å². The van der Waals surface area contributed by atoms with Gasteiger partial charge in [-0.2, -0.15) is 0 Å². The van der Waals surface area contributed by atoms with E-state index in [-0.39, 0.29) is 17.7 Å². The van der Waals surface area contributed by atoms with Gasteiger partial charge in [-0.1, -0.05) is 12.2 Å². The molecule has 1 aromatic rings. The zero-order chi connectivity index (χ0) is 17.3. The Morgan fingerprint density at radius 1 is 1.00 bits per heavy atom. The number of amides is 2. The SMILES string of the molecule is COC(=O)Nc1ccc(NC(=O)[C@@H]2[C@@H](C(=O)O)[C@H]3C=C[C@H]2C3)cc1. The molecule has 0 unspecified atom stereocenters. The molecular formula is C17H18N2O5. The molecule has 0 aromatic heterocycles. The Hall–Kier alpha value is -2.83. The third kappa shape index (κ3) is 2.97. The van der Waals surface area contributed by atoms with E-state index in [0.717, 1.165) is 6.42 Å². The smallest absolute Gasteiger partial charge is 0.411 e. The summed E-state index contributed by atoms with van der Waals surface area (Å²) in [6.45, 7) is 0. The first-order valence-corrected chi connectivity index (χ1v) is 7.66. The van der Waals surface area contributed by atoms with Gasteiger partial charge in [-0.25, -0.2) is 4.79 Å². The van der Waals surface area contributed by atoms with E-state index in [9.17, 15) is 19.5 Å². The van der Waals surface area contributed by atoms with Crippen LogP contribution in [0.3, 0.4) is 0 Å². The third-order valence-electron chi connectivity index (χ3n) is 4.63. The molecule has 7 nitrogen and oxygen atoms in total. The van der Waals surface area contributed by atoms with Crippen LogP contribution in [0.4, 0.5) is 16.2 Å². The maximum atomic E-state index is 12.5. The Balaban J connectivity index is 1.67. The molecule has 2 aliphatic carbocycles. The van der Waals surface area contributed by atoms with Gasteiger partial charge >= 0.3 is 12.1 Å². The average Bonchev–Trinajstić information content (AvgIpc) is 3.17. The first kappa shape index (κ1) is 16.0. The highest BCUT2D eigenvalue weighted by Crippen LogP contribution is 2.48. The number of anilines is 2. The number of carboxylic acid groups (broad SMARTS) is 1. The summed E-state index contributed by atoms with van der Waals surface area (Å²) in [5.74, 6) is -2.51. The number of ether oxygens (including phenoxy) is 1. The molecule has 3 N–H and O–H groups in total. The van der Waals surface area contributed by atoms with Gasteiger partial charge in [0.2, 0.25) is 5.91 Å². The molecule has 1 saturated carbocycles. The van der Waals surface area contributed by atoms with Gasteiger partial charge in [0.1, 0.15) is 0 Å². The molecule has 2 amide bonds. The number of fused-ring (bicyclic) bond motifs is 2. The van der Waals surface area contributed by atoms with E-state index in [0.29, 0.717) is 11.4 Å². The van der Waals surface area contributed by atoms with Crippen LogP contribution in [0, 0.1) is 23.7 Å². The highest BCUT2D eigenvalue weighted by molar-refractivity contribution is 5.96. The van der Waals surface area contributed by atoms with Crippen molar-refractivity contribution in [1.29, 1.82) is 0 Å². The van der Waals surface area contributed by atoms with Gasteiger partial charge in [0.15, 0.2) is 0 Å². The van der Waals surface area contributed by atoms with Crippen LogP contribution in [0.2, 0.25) is 0 Å². The van der Waals surface area contributed by atoms with E-state index in [2.05, 4.69) is 15.4 Å². The van der Waals surface area contributed by atoms with Crippen LogP contribution >= 0.6 is 0 Å². The van der Waals surface area contributed by atoms with Gasteiger partial charge in [0, 0.05) is 11.4 Å². The van der Waals surface area contributed by atoms with Gasteiger partial charge in [-0.15, -0.1) is 0 Å². The van der Waals surface area contributed by atoms with Crippen molar-refractivity contribution < 1.29 is 24.2 Å². The summed E-state index contributed by atoms with van der Waals surface area (Å²) in [4.78, 5) is 35.1. The highest BCUT2D eigenvalue weighted by Gasteiger charge is 2.51. The van der Waals surface area contributed by atoms with Crippen molar-refractivity contribution in [3.05, 3.63) is 36.4 Å². The monoisotopic (exact) mass is 330 g/mol. The second-order valence-corrected chi connectivity index (χ2v) is 6.02. The quantitative estimate of drug-likeness (QED) is 0.735. The fraction of sp³-hybridized carbons (Fsp3) is 0.353. The van der Waals surface area contributed by atoms with Crippen LogP contribution in [0.1, 0.15) is 6.42 Å². The summed E-state index contributed by atoms with van der Waals surface area (Å²) in [5, 5.41) is 14.7. The van der Waals surface area contributed by atoms with Crippen molar-refractivity contribution in [1.82, 2.24) is 0 Å². The van der Waals surface area contributed by atoms with Crippen molar-refractivity contribution in [2.24, 2.45) is 23.7 Å². The minimum atomic E-state index is -0.926. The molecular weight excluding hydrogens is 312 g/mol. The summed E-state index contributed by atoms with van der Waals surface area (Å²) in [7, 11) is 1.27. The number of hydrogen-bond acceptors (Lipinski definition) is 4. The van der Waals surface area contributed by atoms with Crippen LogP contribution in [0.5, 0.6) is 0 Å². The van der Waals surface area contributed by atoms with E-state index in [1.807, 2.05) is 12.2 Å². The van der Waals surface area contributed by atoms with Gasteiger partial charge < -0.3 is 15.2 Å². The average molecular weight is 330 g/mol. The number of methoxy groups -OCH3 is 1. The topological polar surface area (TPSA) is 105 Å². The number of aliphatic carboxylic acids is 1. The lowest BCUT2D eigenvalue weighted by atomic mass is 9.82. The van der Waals surface area contributed by atoms with Crippen LogP contribution in [0.25, 0.3) is 0 Å². The number of carbonyl (C=O) groups excluding carboxylic acids is 2. The molecule has 4 atom stereocenters. The molecule has 2 bridgehead atoms. The number of benzene rings is 1. The van der Waals surface area contributed by atoms with Crippen molar-refractivity contribution in [3.8, 4) is 0 Å². The second kappa shape index (κ2) is 6.35. The van der Waals surface area contributed by atoms with Crippen molar-refractivity contribution in [2.75, 3.05) is 17.7 Å². The number of carboxylic acids is 1. The minimum Gasteiger partial charge on any atom is -0.481 e. The van der Waals surface area contributed by atoms with Crippen LogP contribution in [-0.4, -0.2) is 30.2 Å². The third-order valence-corrected chi connectivity index (χ3v) is 4.63. The Bertz CT molecular complexity index is 697. The molecule has 0 radical (unpaired) electrons. The van der Waals surface area contributed by atoms with Crippen LogP contribution in [0.15, 0.2) is 36.4 Å². The maximum Gasteiger partial charge on any atom is 0.411 e. The van der Waals surface area contributed by atoms with Crippen LogP contribution in [-0.2, 0) is 14.3 Å². The molecule has 24 heavy (non-hydrogen) atoms. The Labute approximate surface area is 138 Å². The van der Waals surface area contributed by atoms with Crippen molar-refractivity contribution >= 4 is 29.3 Å². The van der Waals surface area contributed by atoms with Gasteiger partial charge in [0.25, 0.3) is 0 Å². The highest BCUT2D eigenvalue weighted by atomic mass is 16.5. The number of rotatable bonds is 4. The standard InChI is InChI=1S/C17H18N2O5/c1-24-17(23)19-12-6-4-11(5-7-12)18-15(20)13-9-2-3-10(8-9)14(13)16(21)22/h2-7,9-10,13-14H,8H2,1H3,(H,18,20)(H,19,23)(H,21,22)/t9-,10-,13-,14-/m0/s1. The number of nitrogens with one attached hydrogen (secondary N) is 2. The lowest BCUT2D eigenvalue weighted by Gasteiger charge is -2.23. The molecule has 0 heterocycles. The van der Waals surface area contributed by atoms with Crippen molar-refractivity contribution in [3.63, 3.8) is 0 Å². The normalized spacial score (nSPS) is 26.9. The van der Waals surface area contributed by atoms with E-state index in [4.69, 9.17) is 0 Å². The first-order chi connectivity index (χ1) is 11.5. The number of carbonyl (C=O) groups is 3. The maximum absolute atomic E-state index is 12.5. The summed E-state index contributed by atoms with van der Waals surface area (Å²) < 4.78 is 4.50. The van der Waals surface area contributed by atoms with Gasteiger partial charge in [-0.3, -0.25) is 14.9 Å². The zero-order valence-corrected chi connectivity index (χ0v) is 13.1. The molecule has 3 rings (SSSR count). The lowest BCUT2D eigenvalue weighted by Crippen LogP contribution is -2.36. The molecule has 0 aliphatic heterocycles. The Morgan fingerprint density at radius 3 is 2.08 bits per heavy atom. The molecule has 2 aliphatic rings. The Kier molecular flexibility index (Phi) is 4.24. The van der Waals surface area contributed by atoms with E-state index >= 15 is 0 Å². The Morgan fingerprint density at radius 2 is 1.54 bits per heavy atom. The number of allylic oxidation sites excluding steroid dienone is 2. The predicted molar refractivity (Wildman–Crippen MR) is 86.5 cm³/mol. The molecule has 1 fully saturated rings. The largest absolute Gasteiger partial charge is 0.481 e. The van der Waals surface area contributed by atoms with Gasteiger partial charge in [-0.05, 0) is 42.5 Å². The lowest BCUT2D eigenvalue weighted by molar-refractivity contribution is -0.146.